The van der Waals surface area contributed by atoms with Crippen molar-refractivity contribution >= 4 is 11.7 Å². The third-order valence-electron chi connectivity index (χ3n) is 6.01. The lowest BCUT2D eigenvalue weighted by atomic mass is 10.0. The first-order valence-corrected chi connectivity index (χ1v) is 11.7. The highest BCUT2D eigenvalue weighted by Gasteiger charge is 2.30. The Hall–Kier alpha value is -3.30. The summed E-state index contributed by atoms with van der Waals surface area (Å²) in [5.41, 5.74) is 3.00. The number of hydrogen-bond donors (Lipinski definition) is 1. The van der Waals surface area contributed by atoms with Gasteiger partial charge in [-0.15, -0.1) is 0 Å². The highest BCUT2D eigenvalue weighted by Crippen LogP contribution is 2.29. The van der Waals surface area contributed by atoms with E-state index in [4.69, 9.17) is 4.74 Å². The number of hydrogen-bond acceptors (Lipinski definition) is 4. The molecule has 7 nitrogen and oxygen atoms in total. The third-order valence-corrected chi connectivity index (χ3v) is 6.01. The number of fused-ring (bicyclic) bond motifs is 1. The maximum Gasteiger partial charge on any atom is 0.389 e. The van der Waals surface area contributed by atoms with Crippen LogP contribution in [0, 0.1) is 0 Å². The van der Waals surface area contributed by atoms with Gasteiger partial charge in [-0.05, 0) is 45.2 Å². The molecule has 35 heavy (non-hydrogen) atoms. The first-order valence-electron chi connectivity index (χ1n) is 11.7. The lowest BCUT2D eigenvalue weighted by Gasteiger charge is -2.35. The topological polar surface area (TPSA) is 71.8 Å². The Morgan fingerprint density at radius 3 is 2.63 bits per heavy atom. The van der Waals surface area contributed by atoms with Crippen LogP contribution in [0.25, 0.3) is 16.9 Å². The van der Waals surface area contributed by atoms with Gasteiger partial charge in [0.25, 0.3) is 5.88 Å². The Kier molecular flexibility index (Phi) is 8.24. The van der Waals surface area contributed by atoms with Gasteiger partial charge in [0.05, 0.1) is 18.8 Å². The molecule has 0 aliphatic carbocycles. The number of ether oxygens (including phenoxy) is 1. The molecule has 0 radical (unpaired) electrons. The van der Waals surface area contributed by atoms with Crippen LogP contribution in [0.1, 0.15) is 58.6 Å². The van der Waals surface area contributed by atoms with Crippen LogP contribution in [-0.4, -0.2) is 50.7 Å². The third kappa shape index (κ3) is 6.43. The molecule has 2 aromatic heterocycles. The van der Waals surface area contributed by atoms with E-state index < -0.39 is 18.6 Å². The molecule has 0 bridgehead atoms. The number of amides is 2. The molecule has 10 heteroatoms. The summed E-state index contributed by atoms with van der Waals surface area (Å²) in [6.07, 6.45) is 0.424. The van der Waals surface area contributed by atoms with E-state index in [9.17, 15) is 18.0 Å². The lowest BCUT2D eigenvalue weighted by molar-refractivity contribution is -0.136. The maximum atomic E-state index is 13.1. The van der Waals surface area contributed by atoms with Crippen LogP contribution in [0.3, 0.4) is 0 Å². The number of imidazole rings is 1. The first kappa shape index (κ1) is 26.3. The molecule has 0 spiro atoms. The molecule has 190 valence electrons. The SMILES string of the molecule is CCC(CCC(F)(F)F)NC(=O)N(C(C)C)C(C)c1cccc(-c2cn3ccnc3c(OC)n2)c1. The fraction of sp³-hybridized carbons (Fsp3) is 0.480. The van der Waals surface area contributed by atoms with E-state index in [1.807, 2.05) is 61.8 Å². The molecule has 2 heterocycles. The van der Waals surface area contributed by atoms with E-state index in [0.717, 1.165) is 11.1 Å². The molecule has 2 amide bonds. The minimum Gasteiger partial charge on any atom is -0.478 e. The number of aromatic nitrogens is 3. The summed E-state index contributed by atoms with van der Waals surface area (Å²) in [6, 6.07) is 6.26. The van der Waals surface area contributed by atoms with Crippen molar-refractivity contribution in [2.45, 2.75) is 71.3 Å². The summed E-state index contributed by atoms with van der Waals surface area (Å²) in [5, 5.41) is 2.80. The van der Waals surface area contributed by atoms with Gasteiger partial charge in [0.1, 0.15) is 0 Å². The number of carbonyl (C=O) groups is 1. The molecular weight excluding hydrogens is 459 g/mol. The van der Waals surface area contributed by atoms with Crippen LogP contribution in [0.4, 0.5) is 18.0 Å². The van der Waals surface area contributed by atoms with Gasteiger partial charge in [0, 0.05) is 42.7 Å². The second-order valence-electron chi connectivity index (χ2n) is 8.80. The number of nitrogens with one attached hydrogen (secondary N) is 1. The summed E-state index contributed by atoms with van der Waals surface area (Å²) in [7, 11) is 1.54. The maximum absolute atomic E-state index is 13.1. The van der Waals surface area contributed by atoms with Crippen molar-refractivity contribution in [2.75, 3.05) is 7.11 Å². The highest BCUT2D eigenvalue weighted by atomic mass is 19.4. The van der Waals surface area contributed by atoms with Crippen molar-refractivity contribution in [3.8, 4) is 17.1 Å². The van der Waals surface area contributed by atoms with Crippen molar-refractivity contribution in [3.63, 3.8) is 0 Å². The number of benzene rings is 1. The van der Waals surface area contributed by atoms with E-state index in [1.165, 1.54) is 7.11 Å². The van der Waals surface area contributed by atoms with E-state index in [-0.39, 0.29) is 24.5 Å². The van der Waals surface area contributed by atoms with Crippen LogP contribution in [0.15, 0.2) is 42.9 Å². The van der Waals surface area contributed by atoms with E-state index in [2.05, 4.69) is 15.3 Å². The van der Waals surface area contributed by atoms with E-state index >= 15 is 0 Å². The molecule has 0 fully saturated rings. The zero-order chi connectivity index (χ0) is 25.8. The summed E-state index contributed by atoms with van der Waals surface area (Å²) in [5.74, 6) is 0.401. The van der Waals surface area contributed by atoms with Gasteiger partial charge in [-0.1, -0.05) is 25.1 Å². The Labute approximate surface area is 203 Å². The average molecular weight is 492 g/mol. The summed E-state index contributed by atoms with van der Waals surface area (Å²) >= 11 is 0. The molecule has 2 atom stereocenters. The molecule has 2 unspecified atom stereocenters. The van der Waals surface area contributed by atoms with Gasteiger partial charge in [-0.2, -0.15) is 13.2 Å². The van der Waals surface area contributed by atoms with Gasteiger partial charge >= 0.3 is 12.2 Å². The zero-order valence-electron chi connectivity index (χ0n) is 20.6. The quantitative estimate of drug-likeness (QED) is 0.398. The van der Waals surface area contributed by atoms with E-state index in [0.29, 0.717) is 23.6 Å². The number of alkyl halides is 3. The number of rotatable bonds is 9. The second kappa shape index (κ2) is 11.0. The Balaban J connectivity index is 1.84. The number of nitrogens with zero attached hydrogens (tertiary/aromatic N) is 4. The number of methoxy groups -OCH3 is 1. The molecule has 1 aromatic carbocycles. The van der Waals surface area contributed by atoms with Crippen LogP contribution < -0.4 is 10.1 Å². The standard InChI is InChI=1S/C25H32F3N5O2/c1-6-20(10-11-25(26,27)28)30-24(34)33(16(2)3)17(4)18-8-7-9-19(14-18)21-15-32-13-12-29-22(32)23(31-21)35-5/h7-9,12-17,20H,6,10-11H2,1-5H3,(H,30,34). The molecule has 0 aliphatic rings. The smallest absolute Gasteiger partial charge is 0.389 e. The fourth-order valence-corrected chi connectivity index (χ4v) is 4.12. The lowest BCUT2D eigenvalue weighted by Crippen LogP contribution is -2.48. The predicted molar refractivity (Wildman–Crippen MR) is 128 cm³/mol. The van der Waals surface area contributed by atoms with Gasteiger partial charge in [-0.3, -0.25) is 0 Å². The molecular formula is C25H32F3N5O2. The molecule has 0 aliphatic heterocycles. The van der Waals surface area contributed by atoms with Crippen molar-refractivity contribution in [1.82, 2.24) is 24.6 Å². The fourth-order valence-electron chi connectivity index (χ4n) is 4.12. The highest BCUT2D eigenvalue weighted by molar-refractivity contribution is 5.75. The van der Waals surface area contributed by atoms with Crippen molar-refractivity contribution in [3.05, 3.63) is 48.4 Å². The van der Waals surface area contributed by atoms with Crippen LogP contribution in [0.2, 0.25) is 0 Å². The summed E-state index contributed by atoms with van der Waals surface area (Å²) in [4.78, 5) is 23.6. The largest absolute Gasteiger partial charge is 0.478 e. The number of urea groups is 1. The first-order chi connectivity index (χ1) is 16.5. The molecule has 3 aromatic rings. The normalized spacial score (nSPS) is 13.6. The van der Waals surface area contributed by atoms with Gasteiger partial charge in [0.15, 0.2) is 5.65 Å². The minimum absolute atomic E-state index is 0.147. The van der Waals surface area contributed by atoms with Crippen LogP contribution in [0.5, 0.6) is 5.88 Å². The molecule has 3 rings (SSSR count). The van der Waals surface area contributed by atoms with Crippen molar-refractivity contribution < 1.29 is 22.7 Å². The van der Waals surface area contributed by atoms with Crippen molar-refractivity contribution in [2.24, 2.45) is 0 Å². The predicted octanol–water partition coefficient (Wildman–Crippen LogP) is 6.01. The molecule has 0 saturated heterocycles. The average Bonchev–Trinajstić information content (AvgIpc) is 3.29. The number of carbonyl (C=O) groups excluding carboxylic acids is 1. The second-order valence-corrected chi connectivity index (χ2v) is 8.80. The molecule has 1 N–H and O–H groups in total. The zero-order valence-corrected chi connectivity index (χ0v) is 20.6. The van der Waals surface area contributed by atoms with Gasteiger partial charge in [0.2, 0.25) is 0 Å². The summed E-state index contributed by atoms with van der Waals surface area (Å²) < 4.78 is 45.3. The monoisotopic (exact) mass is 491 g/mol. The Morgan fingerprint density at radius 2 is 2.00 bits per heavy atom. The Morgan fingerprint density at radius 1 is 1.26 bits per heavy atom. The van der Waals surface area contributed by atoms with E-state index in [1.54, 1.807) is 18.0 Å². The van der Waals surface area contributed by atoms with Gasteiger partial charge in [-0.25, -0.2) is 14.8 Å². The minimum atomic E-state index is -4.25. The van der Waals surface area contributed by atoms with Crippen LogP contribution >= 0.6 is 0 Å². The van der Waals surface area contributed by atoms with Gasteiger partial charge < -0.3 is 19.4 Å². The summed E-state index contributed by atoms with van der Waals surface area (Å²) in [6.45, 7) is 7.45. The molecule has 0 saturated carbocycles. The Bertz CT molecular complexity index is 1150. The van der Waals surface area contributed by atoms with Crippen LogP contribution in [-0.2, 0) is 0 Å². The van der Waals surface area contributed by atoms with Crippen molar-refractivity contribution in [1.29, 1.82) is 0 Å². The number of halogens is 3.